The fraction of sp³-hybridized carbons (Fsp3) is 0.647. The number of nitrogens with zero attached hydrogens (tertiary/aromatic N) is 1. The monoisotopic (exact) mass is 308 g/mol. The molecule has 3 rings (SSSR count). The maximum absolute atomic E-state index is 6.56. The highest BCUT2D eigenvalue weighted by Gasteiger charge is 2.32. The number of fused-ring (bicyclic) bond motifs is 1. The molecule has 3 nitrogen and oxygen atoms in total. The Bertz CT molecular complexity index is 526. The molecule has 1 fully saturated rings. The molecule has 2 aliphatic rings. The van der Waals surface area contributed by atoms with Gasteiger partial charge in [-0.2, -0.15) is 0 Å². The summed E-state index contributed by atoms with van der Waals surface area (Å²) in [5, 5.41) is 0.825. The average Bonchev–Trinajstić information content (AvgIpc) is 2.49. The Morgan fingerprint density at radius 3 is 2.71 bits per heavy atom. The molecule has 1 saturated heterocycles. The van der Waals surface area contributed by atoms with Crippen molar-refractivity contribution in [1.29, 1.82) is 0 Å². The van der Waals surface area contributed by atoms with Crippen molar-refractivity contribution >= 4 is 11.6 Å². The van der Waals surface area contributed by atoms with Crippen LogP contribution < -0.4 is 10.5 Å². The third-order valence-electron chi connectivity index (χ3n) is 4.93. The van der Waals surface area contributed by atoms with Gasteiger partial charge in [0.15, 0.2) is 0 Å². The molecule has 2 aliphatic heterocycles. The van der Waals surface area contributed by atoms with E-state index in [4.69, 9.17) is 22.1 Å². The molecule has 0 bridgehead atoms. The van der Waals surface area contributed by atoms with E-state index < -0.39 is 0 Å². The van der Waals surface area contributed by atoms with Crippen molar-refractivity contribution < 1.29 is 4.74 Å². The summed E-state index contributed by atoms with van der Waals surface area (Å²) in [5.74, 6) is 1.28. The van der Waals surface area contributed by atoms with Crippen molar-refractivity contribution in [3.8, 4) is 5.75 Å². The highest BCUT2D eigenvalue weighted by molar-refractivity contribution is 6.32. The number of nitrogens with two attached hydrogens (primary N) is 1. The normalized spacial score (nSPS) is 26.3. The van der Waals surface area contributed by atoms with Crippen LogP contribution in [0.25, 0.3) is 0 Å². The first-order valence-corrected chi connectivity index (χ1v) is 8.36. The molecular formula is C17H25ClN2O. The minimum Gasteiger partial charge on any atom is -0.493 e. The number of aryl methyl sites for hydroxylation is 1. The molecule has 0 radical (unpaired) electrons. The second-order valence-electron chi connectivity index (χ2n) is 6.50. The lowest BCUT2D eigenvalue weighted by Gasteiger charge is -2.37. The number of halogens is 1. The van der Waals surface area contributed by atoms with Crippen molar-refractivity contribution in [3.05, 3.63) is 27.8 Å². The standard InChI is InChI=1S/C17H25ClN2O/c1-11-8-14-15(12(2)16(11)18)17(19)13(10-21-14)9-20-6-4-3-5-7-20/h8,13,17H,3-7,9-10,19H2,1-2H3. The first-order chi connectivity index (χ1) is 10.1. The summed E-state index contributed by atoms with van der Waals surface area (Å²) in [6, 6.07) is 2.05. The Morgan fingerprint density at radius 1 is 1.29 bits per heavy atom. The van der Waals surface area contributed by atoms with Crippen LogP contribution in [-0.4, -0.2) is 31.1 Å². The van der Waals surface area contributed by atoms with Crippen molar-refractivity contribution in [2.24, 2.45) is 11.7 Å². The van der Waals surface area contributed by atoms with Crippen LogP contribution in [0.5, 0.6) is 5.75 Å². The fourth-order valence-electron chi connectivity index (χ4n) is 3.65. The maximum atomic E-state index is 6.56. The highest BCUT2D eigenvalue weighted by atomic mass is 35.5. The van der Waals surface area contributed by atoms with Crippen LogP contribution in [0, 0.1) is 19.8 Å². The summed E-state index contributed by atoms with van der Waals surface area (Å²) in [6.07, 6.45) is 3.98. The zero-order valence-electron chi connectivity index (χ0n) is 13.0. The van der Waals surface area contributed by atoms with Crippen LogP contribution >= 0.6 is 11.6 Å². The van der Waals surface area contributed by atoms with Gasteiger partial charge in [-0.15, -0.1) is 0 Å². The van der Waals surface area contributed by atoms with Crippen molar-refractivity contribution in [2.45, 2.75) is 39.2 Å². The quantitative estimate of drug-likeness (QED) is 0.909. The van der Waals surface area contributed by atoms with E-state index in [1.807, 2.05) is 13.0 Å². The fourth-order valence-corrected chi connectivity index (χ4v) is 3.80. The summed E-state index contributed by atoms with van der Waals surface area (Å²) >= 11 is 6.40. The Balaban J connectivity index is 1.81. The van der Waals surface area contributed by atoms with Gasteiger partial charge in [-0.05, 0) is 57.0 Å². The lowest BCUT2D eigenvalue weighted by atomic mass is 9.87. The third-order valence-corrected chi connectivity index (χ3v) is 5.51. The Morgan fingerprint density at radius 2 is 2.00 bits per heavy atom. The van der Waals surface area contributed by atoms with Gasteiger partial charge in [-0.25, -0.2) is 0 Å². The molecule has 0 aromatic heterocycles. The lowest BCUT2D eigenvalue weighted by molar-refractivity contribution is 0.125. The Hall–Kier alpha value is -0.770. The Kier molecular flexibility index (Phi) is 4.43. The highest BCUT2D eigenvalue weighted by Crippen LogP contribution is 2.40. The van der Waals surface area contributed by atoms with E-state index in [2.05, 4.69) is 11.8 Å². The molecule has 116 valence electrons. The molecule has 2 atom stereocenters. The van der Waals surface area contributed by atoms with Gasteiger partial charge in [0.1, 0.15) is 5.75 Å². The van der Waals surface area contributed by atoms with Gasteiger partial charge in [0.25, 0.3) is 0 Å². The molecule has 0 amide bonds. The number of likely N-dealkylation sites (tertiary alicyclic amines) is 1. The van der Waals surface area contributed by atoms with E-state index in [9.17, 15) is 0 Å². The smallest absolute Gasteiger partial charge is 0.124 e. The average molecular weight is 309 g/mol. The minimum absolute atomic E-state index is 0.0220. The molecule has 0 spiro atoms. The zero-order valence-corrected chi connectivity index (χ0v) is 13.7. The first-order valence-electron chi connectivity index (χ1n) is 7.98. The van der Waals surface area contributed by atoms with Gasteiger partial charge < -0.3 is 15.4 Å². The SMILES string of the molecule is Cc1cc2c(c(C)c1Cl)C(N)C(CN1CCCCC1)CO2. The summed E-state index contributed by atoms with van der Waals surface area (Å²) in [6.45, 7) is 8.22. The topological polar surface area (TPSA) is 38.5 Å². The van der Waals surface area contributed by atoms with Crippen molar-refractivity contribution in [3.63, 3.8) is 0 Å². The second kappa shape index (κ2) is 6.15. The van der Waals surface area contributed by atoms with Gasteiger partial charge >= 0.3 is 0 Å². The molecular weight excluding hydrogens is 284 g/mol. The van der Waals surface area contributed by atoms with Crippen LogP contribution in [0.4, 0.5) is 0 Å². The molecule has 2 unspecified atom stereocenters. The number of rotatable bonds is 2. The number of piperidine rings is 1. The van der Waals surface area contributed by atoms with Crippen LogP contribution in [-0.2, 0) is 0 Å². The largest absolute Gasteiger partial charge is 0.493 e. The first kappa shape index (κ1) is 15.1. The molecule has 0 aliphatic carbocycles. The molecule has 2 heterocycles. The number of hydrogen-bond acceptors (Lipinski definition) is 3. The predicted molar refractivity (Wildman–Crippen MR) is 87.1 cm³/mol. The summed E-state index contributed by atoms with van der Waals surface area (Å²) in [7, 11) is 0. The van der Waals surface area contributed by atoms with Crippen molar-refractivity contribution in [1.82, 2.24) is 4.90 Å². The van der Waals surface area contributed by atoms with Crippen LogP contribution in [0.15, 0.2) is 6.07 Å². The Labute approximate surface area is 132 Å². The summed E-state index contributed by atoms with van der Waals surface area (Å²) < 4.78 is 6.00. The molecule has 0 saturated carbocycles. The van der Waals surface area contributed by atoms with E-state index in [0.29, 0.717) is 12.5 Å². The predicted octanol–water partition coefficient (Wildman–Crippen LogP) is 3.45. The third kappa shape index (κ3) is 2.92. The van der Waals surface area contributed by atoms with Crippen LogP contribution in [0.3, 0.4) is 0 Å². The zero-order chi connectivity index (χ0) is 15.0. The molecule has 1 aromatic carbocycles. The number of ether oxygens (including phenoxy) is 1. The van der Waals surface area contributed by atoms with Crippen molar-refractivity contribution in [2.75, 3.05) is 26.2 Å². The molecule has 2 N–H and O–H groups in total. The maximum Gasteiger partial charge on any atom is 0.124 e. The van der Waals surface area contributed by atoms with E-state index in [1.54, 1.807) is 0 Å². The van der Waals surface area contributed by atoms with E-state index in [-0.39, 0.29) is 6.04 Å². The summed E-state index contributed by atoms with van der Waals surface area (Å²) in [4.78, 5) is 2.54. The second-order valence-corrected chi connectivity index (χ2v) is 6.88. The van der Waals surface area contributed by atoms with E-state index in [0.717, 1.165) is 34.0 Å². The van der Waals surface area contributed by atoms with Gasteiger partial charge in [-0.1, -0.05) is 18.0 Å². The van der Waals surface area contributed by atoms with Crippen LogP contribution in [0.2, 0.25) is 5.02 Å². The molecule has 4 heteroatoms. The summed E-state index contributed by atoms with van der Waals surface area (Å²) in [5.41, 5.74) is 9.82. The van der Waals surface area contributed by atoms with Gasteiger partial charge in [0.05, 0.1) is 6.61 Å². The molecule has 21 heavy (non-hydrogen) atoms. The van der Waals surface area contributed by atoms with E-state index in [1.165, 1.54) is 32.4 Å². The molecule has 1 aromatic rings. The van der Waals surface area contributed by atoms with Gasteiger partial charge in [-0.3, -0.25) is 0 Å². The number of benzene rings is 1. The van der Waals surface area contributed by atoms with Crippen LogP contribution in [0.1, 0.15) is 42.0 Å². The number of hydrogen-bond donors (Lipinski definition) is 1. The van der Waals surface area contributed by atoms with Gasteiger partial charge in [0.2, 0.25) is 0 Å². The van der Waals surface area contributed by atoms with E-state index >= 15 is 0 Å². The lowest BCUT2D eigenvalue weighted by Crippen LogP contribution is -2.42. The van der Waals surface area contributed by atoms with Gasteiger partial charge in [0, 0.05) is 29.1 Å². The minimum atomic E-state index is 0.0220.